The van der Waals surface area contributed by atoms with Crippen LogP contribution in [0.4, 0.5) is 0 Å². The average molecular weight is 271 g/mol. The molecule has 1 heterocycles. The maximum Gasteiger partial charge on any atom is 0.0730 e. The van der Waals surface area contributed by atoms with Crippen LogP contribution in [-0.4, -0.2) is 6.04 Å². The summed E-state index contributed by atoms with van der Waals surface area (Å²) in [6.07, 6.45) is 0.983. The maximum absolute atomic E-state index is 5.68. The zero-order valence-corrected chi connectivity index (χ0v) is 10.4. The number of thiophene rings is 1. The quantitative estimate of drug-likeness (QED) is 0.878. The van der Waals surface area contributed by atoms with Crippen molar-refractivity contribution in [2.45, 2.75) is 26.3 Å². The summed E-state index contributed by atoms with van der Waals surface area (Å²) in [5.41, 5.74) is 6.99. The van der Waals surface area contributed by atoms with E-state index in [-0.39, 0.29) is 18.4 Å². The molecule has 0 bridgehead atoms. The zero-order valence-electron chi connectivity index (χ0n) is 7.13. The van der Waals surface area contributed by atoms with Crippen LogP contribution in [0.1, 0.15) is 17.4 Å². The fraction of sp³-hybridized carbons (Fsp3) is 0.500. The van der Waals surface area contributed by atoms with Crippen molar-refractivity contribution in [3.05, 3.63) is 20.3 Å². The molecule has 1 aromatic rings. The van der Waals surface area contributed by atoms with Crippen LogP contribution >= 0.6 is 39.7 Å². The lowest BCUT2D eigenvalue weighted by Gasteiger charge is -1.99. The van der Waals surface area contributed by atoms with E-state index in [1.54, 1.807) is 11.3 Å². The monoisotopic (exact) mass is 269 g/mol. The molecule has 1 nitrogen and oxygen atoms in total. The zero-order chi connectivity index (χ0) is 8.43. The molecule has 0 saturated carbocycles. The third-order valence-corrected chi connectivity index (χ3v) is 3.59. The predicted molar refractivity (Wildman–Crippen MR) is 61.4 cm³/mol. The number of rotatable bonds is 2. The minimum Gasteiger partial charge on any atom is -0.328 e. The van der Waals surface area contributed by atoms with Crippen LogP contribution in [0, 0.1) is 6.92 Å². The van der Waals surface area contributed by atoms with E-state index in [0.717, 1.165) is 6.42 Å². The Balaban J connectivity index is 0.00000121. The lowest BCUT2D eigenvalue weighted by atomic mass is 10.2. The van der Waals surface area contributed by atoms with Crippen LogP contribution in [0.2, 0.25) is 0 Å². The number of hydrogen-bond acceptors (Lipinski definition) is 2. The van der Waals surface area contributed by atoms with Gasteiger partial charge in [0.05, 0.1) is 3.79 Å². The number of hydrogen-bond donors (Lipinski definition) is 1. The summed E-state index contributed by atoms with van der Waals surface area (Å²) in [4.78, 5) is 1.37. The highest BCUT2D eigenvalue weighted by Crippen LogP contribution is 2.27. The molecule has 0 saturated heterocycles. The molecule has 0 radical (unpaired) electrons. The van der Waals surface area contributed by atoms with Crippen LogP contribution < -0.4 is 5.73 Å². The Kier molecular flexibility index (Phi) is 5.41. The van der Waals surface area contributed by atoms with Crippen molar-refractivity contribution in [3.63, 3.8) is 0 Å². The highest BCUT2D eigenvalue weighted by molar-refractivity contribution is 9.11. The summed E-state index contributed by atoms with van der Waals surface area (Å²) in [6, 6.07) is 2.46. The number of aryl methyl sites for hydroxylation is 1. The third-order valence-electron chi connectivity index (χ3n) is 1.43. The molecule has 0 aliphatic carbocycles. The predicted octanol–water partition coefficient (Wildman–Crippen LogP) is 3.13. The molecule has 0 aliphatic heterocycles. The minimum atomic E-state index is 0. The molecule has 1 unspecified atom stereocenters. The summed E-state index contributed by atoms with van der Waals surface area (Å²) < 4.78 is 1.23. The second-order valence-electron chi connectivity index (χ2n) is 2.85. The molecule has 2 N–H and O–H groups in total. The van der Waals surface area contributed by atoms with E-state index in [9.17, 15) is 0 Å². The van der Waals surface area contributed by atoms with Crippen molar-refractivity contribution in [1.82, 2.24) is 0 Å². The maximum atomic E-state index is 5.68. The molecular weight excluding hydrogens is 258 g/mol. The molecule has 12 heavy (non-hydrogen) atoms. The first-order valence-corrected chi connectivity index (χ1v) is 5.21. The second-order valence-corrected chi connectivity index (χ2v) is 5.31. The van der Waals surface area contributed by atoms with E-state index in [1.165, 1.54) is 14.2 Å². The van der Waals surface area contributed by atoms with Crippen LogP contribution in [0.25, 0.3) is 0 Å². The lowest BCUT2D eigenvalue weighted by molar-refractivity contribution is 0.746. The smallest absolute Gasteiger partial charge is 0.0730 e. The first-order chi connectivity index (χ1) is 5.09. The molecule has 0 aromatic carbocycles. The second kappa shape index (κ2) is 5.22. The fourth-order valence-electron chi connectivity index (χ4n) is 0.941. The van der Waals surface area contributed by atoms with Crippen molar-refractivity contribution < 1.29 is 0 Å². The Morgan fingerprint density at radius 1 is 1.67 bits per heavy atom. The molecule has 0 spiro atoms. The fourth-order valence-corrected chi connectivity index (χ4v) is 2.71. The van der Waals surface area contributed by atoms with E-state index in [2.05, 4.69) is 28.9 Å². The van der Waals surface area contributed by atoms with Gasteiger partial charge in [-0.25, -0.2) is 0 Å². The van der Waals surface area contributed by atoms with Gasteiger partial charge in [0.25, 0.3) is 0 Å². The summed E-state index contributed by atoms with van der Waals surface area (Å²) >= 11 is 5.26. The molecule has 0 aliphatic rings. The van der Waals surface area contributed by atoms with Crippen LogP contribution in [0.5, 0.6) is 0 Å². The molecule has 4 heteroatoms. The largest absolute Gasteiger partial charge is 0.328 e. The van der Waals surface area contributed by atoms with Gasteiger partial charge >= 0.3 is 0 Å². The van der Waals surface area contributed by atoms with Gasteiger partial charge in [-0.1, -0.05) is 0 Å². The summed E-state index contributed by atoms with van der Waals surface area (Å²) in [5.74, 6) is 0. The van der Waals surface area contributed by atoms with E-state index in [0.29, 0.717) is 0 Å². The van der Waals surface area contributed by atoms with Gasteiger partial charge in [0, 0.05) is 10.9 Å². The molecule has 1 aromatic heterocycles. The van der Waals surface area contributed by atoms with Gasteiger partial charge in [-0.05, 0) is 47.8 Å². The van der Waals surface area contributed by atoms with Gasteiger partial charge in [-0.2, -0.15) is 0 Å². The molecule has 1 rings (SSSR count). The van der Waals surface area contributed by atoms with Gasteiger partial charge < -0.3 is 5.73 Å². The normalized spacial score (nSPS) is 12.3. The van der Waals surface area contributed by atoms with E-state index >= 15 is 0 Å². The summed E-state index contributed by atoms with van der Waals surface area (Å²) in [7, 11) is 0. The Labute approximate surface area is 91.9 Å². The van der Waals surface area contributed by atoms with E-state index < -0.39 is 0 Å². The molecule has 70 valence electrons. The van der Waals surface area contributed by atoms with E-state index in [1.807, 2.05) is 6.92 Å². The topological polar surface area (TPSA) is 26.0 Å². The Hall–Kier alpha value is 0.430. The van der Waals surface area contributed by atoms with Gasteiger partial charge in [0.15, 0.2) is 0 Å². The first kappa shape index (κ1) is 12.4. The molecular formula is C8H13BrClNS. The average Bonchev–Trinajstić information content (AvgIpc) is 2.10. The third kappa shape index (κ3) is 3.44. The lowest BCUT2D eigenvalue weighted by Crippen LogP contribution is -2.16. The van der Waals surface area contributed by atoms with Crippen molar-refractivity contribution >= 4 is 39.7 Å². The van der Waals surface area contributed by atoms with Crippen molar-refractivity contribution in [1.29, 1.82) is 0 Å². The first-order valence-electron chi connectivity index (χ1n) is 3.60. The highest BCUT2D eigenvalue weighted by Gasteiger charge is 2.03. The van der Waals surface area contributed by atoms with Crippen LogP contribution in [-0.2, 0) is 6.42 Å². The van der Waals surface area contributed by atoms with Gasteiger partial charge in [0.2, 0.25) is 0 Å². The SMILES string of the molecule is Cc1cc(CC(C)N)sc1Br.Cl. The van der Waals surface area contributed by atoms with Crippen LogP contribution in [0.15, 0.2) is 9.85 Å². The highest BCUT2D eigenvalue weighted by atomic mass is 79.9. The van der Waals surface area contributed by atoms with E-state index in [4.69, 9.17) is 5.73 Å². The van der Waals surface area contributed by atoms with Crippen molar-refractivity contribution in [2.24, 2.45) is 5.73 Å². The number of halogens is 2. The molecule has 0 fully saturated rings. The Morgan fingerprint density at radius 2 is 2.25 bits per heavy atom. The Bertz CT molecular complexity index is 228. The summed E-state index contributed by atoms with van der Waals surface area (Å²) in [5, 5.41) is 0. The van der Waals surface area contributed by atoms with Gasteiger partial charge in [-0.3, -0.25) is 0 Å². The summed E-state index contributed by atoms with van der Waals surface area (Å²) in [6.45, 7) is 4.13. The van der Waals surface area contributed by atoms with Gasteiger partial charge in [-0.15, -0.1) is 23.7 Å². The molecule has 0 amide bonds. The minimum absolute atomic E-state index is 0. The van der Waals surface area contributed by atoms with Crippen molar-refractivity contribution in [2.75, 3.05) is 0 Å². The Morgan fingerprint density at radius 3 is 2.58 bits per heavy atom. The molecule has 1 atom stereocenters. The van der Waals surface area contributed by atoms with Crippen LogP contribution in [0.3, 0.4) is 0 Å². The van der Waals surface area contributed by atoms with Crippen molar-refractivity contribution in [3.8, 4) is 0 Å². The van der Waals surface area contributed by atoms with Gasteiger partial charge in [0.1, 0.15) is 0 Å². The standard InChI is InChI=1S/C8H12BrNS.ClH/c1-5-3-7(4-6(2)10)11-8(5)9;/h3,6H,4,10H2,1-2H3;1H. The number of nitrogens with two attached hydrogens (primary N) is 1.